The number of nitrogens with two attached hydrogens (primary N) is 1. The molecule has 0 amide bonds. The van der Waals surface area contributed by atoms with Crippen LogP contribution < -0.4 is 5.73 Å². The Morgan fingerprint density at radius 3 is 3.13 bits per heavy atom. The van der Waals surface area contributed by atoms with Crippen LogP contribution in [0.5, 0.6) is 0 Å². The van der Waals surface area contributed by atoms with Gasteiger partial charge in [0.15, 0.2) is 0 Å². The molecule has 84 valence electrons. The van der Waals surface area contributed by atoms with Gasteiger partial charge in [0, 0.05) is 18.4 Å². The van der Waals surface area contributed by atoms with Gasteiger partial charge in [0.2, 0.25) is 0 Å². The molecule has 0 aliphatic heterocycles. The molecule has 1 aromatic rings. The fourth-order valence-corrected chi connectivity index (χ4v) is 1.58. The highest BCUT2D eigenvalue weighted by Crippen LogP contribution is 2.08. The van der Waals surface area contributed by atoms with E-state index in [0.717, 1.165) is 10.7 Å². The Balaban J connectivity index is 2.31. The van der Waals surface area contributed by atoms with E-state index in [1.807, 2.05) is 12.3 Å². The van der Waals surface area contributed by atoms with Crippen molar-refractivity contribution in [1.82, 2.24) is 4.98 Å². The molecule has 0 bridgehead atoms. The molecule has 1 aromatic heterocycles. The molecule has 0 radical (unpaired) electrons. The lowest BCUT2D eigenvalue weighted by Crippen LogP contribution is -2.16. The predicted molar refractivity (Wildman–Crippen MR) is 59.8 cm³/mol. The summed E-state index contributed by atoms with van der Waals surface area (Å²) in [5.74, 6) is 0.401. The van der Waals surface area contributed by atoms with Gasteiger partial charge in [-0.25, -0.2) is 4.98 Å². The molecule has 0 aliphatic rings. The number of hydrogen-bond acceptors (Lipinski definition) is 5. The molecule has 0 unspecified atom stereocenters. The number of aliphatic hydroxyl groups is 1. The summed E-state index contributed by atoms with van der Waals surface area (Å²) < 4.78 is 0. The van der Waals surface area contributed by atoms with Crippen LogP contribution in [0.15, 0.2) is 10.5 Å². The van der Waals surface area contributed by atoms with Crippen molar-refractivity contribution < 1.29 is 9.94 Å². The lowest BCUT2D eigenvalue weighted by molar-refractivity contribution is 0.123. The number of nitrogens with zero attached hydrogens (tertiary/aromatic N) is 2. The maximum Gasteiger partial charge on any atom is 0.145 e. The molecule has 3 N–H and O–H groups in total. The minimum absolute atomic E-state index is 0.0979. The normalized spacial score (nSPS) is 11.7. The number of aryl methyl sites for hydroxylation is 1. The van der Waals surface area contributed by atoms with Crippen LogP contribution in [0.1, 0.15) is 17.1 Å². The first kappa shape index (κ1) is 11.9. The minimum Gasteiger partial charge on any atom is -0.396 e. The number of hydrogen-bond donors (Lipinski definition) is 2. The van der Waals surface area contributed by atoms with Crippen LogP contribution >= 0.6 is 11.3 Å². The molecule has 0 fully saturated rings. The van der Waals surface area contributed by atoms with Crippen molar-refractivity contribution in [2.24, 2.45) is 10.9 Å². The van der Waals surface area contributed by atoms with E-state index < -0.39 is 0 Å². The second kappa shape index (κ2) is 6.36. The van der Waals surface area contributed by atoms with E-state index in [-0.39, 0.29) is 6.61 Å². The van der Waals surface area contributed by atoms with Crippen molar-refractivity contribution in [2.75, 3.05) is 13.2 Å². The molecular formula is C9H15N3O2S. The molecule has 5 nitrogen and oxygen atoms in total. The molecular weight excluding hydrogens is 214 g/mol. The standard InChI is InChI=1S/C9H15N3O2S/c1-7-11-8(6-15-7)5-9(10)12-14-4-2-3-13/h6,13H,2-5H2,1H3,(H2,10,12). The smallest absolute Gasteiger partial charge is 0.145 e. The van der Waals surface area contributed by atoms with Gasteiger partial charge in [0.1, 0.15) is 12.4 Å². The summed E-state index contributed by atoms with van der Waals surface area (Å²) in [6.45, 7) is 2.42. The van der Waals surface area contributed by atoms with Gasteiger partial charge in [0.05, 0.1) is 17.1 Å². The number of aromatic nitrogens is 1. The van der Waals surface area contributed by atoms with Crippen molar-refractivity contribution in [3.05, 3.63) is 16.1 Å². The number of amidine groups is 1. The highest BCUT2D eigenvalue weighted by atomic mass is 32.1. The monoisotopic (exact) mass is 229 g/mol. The molecule has 0 atom stereocenters. The quantitative estimate of drug-likeness (QED) is 0.325. The zero-order valence-corrected chi connectivity index (χ0v) is 9.46. The number of rotatable bonds is 6. The van der Waals surface area contributed by atoms with Crippen LogP contribution in [0.3, 0.4) is 0 Å². The molecule has 15 heavy (non-hydrogen) atoms. The molecule has 0 aromatic carbocycles. The summed E-state index contributed by atoms with van der Waals surface area (Å²) in [7, 11) is 0. The predicted octanol–water partition coefficient (Wildman–Crippen LogP) is 0.665. The first-order valence-electron chi connectivity index (χ1n) is 4.68. The molecule has 0 spiro atoms. The summed E-state index contributed by atoms with van der Waals surface area (Å²) in [5.41, 5.74) is 6.53. The first-order chi connectivity index (χ1) is 7.22. The zero-order chi connectivity index (χ0) is 11.1. The van der Waals surface area contributed by atoms with E-state index in [9.17, 15) is 0 Å². The SMILES string of the molecule is Cc1nc(CC(N)=NOCCCO)cs1. The van der Waals surface area contributed by atoms with Crippen LogP contribution in [0.4, 0.5) is 0 Å². The fourth-order valence-electron chi connectivity index (χ4n) is 0.965. The summed E-state index contributed by atoms with van der Waals surface area (Å²) in [6.07, 6.45) is 1.07. The minimum atomic E-state index is 0.0979. The Bertz CT molecular complexity index is 325. The Morgan fingerprint density at radius 1 is 1.73 bits per heavy atom. The van der Waals surface area contributed by atoms with Gasteiger partial charge in [-0.1, -0.05) is 5.16 Å². The van der Waals surface area contributed by atoms with E-state index in [1.54, 1.807) is 11.3 Å². The number of oxime groups is 1. The first-order valence-corrected chi connectivity index (χ1v) is 5.56. The summed E-state index contributed by atoms with van der Waals surface area (Å²) >= 11 is 1.58. The third-order valence-electron chi connectivity index (χ3n) is 1.60. The molecule has 1 heterocycles. The van der Waals surface area contributed by atoms with Crippen LogP contribution in [0.2, 0.25) is 0 Å². The molecule has 0 saturated heterocycles. The highest BCUT2D eigenvalue weighted by Gasteiger charge is 2.01. The molecule has 0 saturated carbocycles. The lowest BCUT2D eigenvalue weighted by Gasteiger charge is -1.99. The maximum absolute atomic E-state index is 8.50. The third-order valence-corrected chi connectivity index (χ3v) is 2.43. The van der Waals surface area contributed by atoms with Gasteiger partial charge >= 0.3 is 0 Å². The van der Waals surface area contributed by atoms with Crippen molar-refractivity contribution in [1.29, 1.82) is 0 Å². The van der Waals surface area contributed by atoms with Gasteiger partial charge in [-0.2, -0.15) is 0 Å². The summed E-state index contributed by atoms with van der Waals surface area (Å²) in [4.78, 5) is 9.15. The number of thiazole rings is 1. The van der Waals surface area contributed by atoms with Crippen molar-refractivity contribution >= 4 is 17.2 Å². The van der Waals surface area contributed by atoms with Crippen molar-refractivity contribution in [3.8, 4) is 0 Å². The summed E-state index contributed by atoms with van der Waals surface area (Å²) in [6, 6.07) is 0. The van der Waals surface area contributed by atoms with Gasteiger partial charge < -0.3 is 15.7 Å². The Kier molecular flexibility index (Phi) is 5.06. The van der Waals surface area contributed by atoms with Gasteiger partial charge in [-0.3, -0.25) is 0 Å². The van der Waals surface area contributed by atoms with Crippen LogP contribution in [-0.2, 0) is 11.3 Å². The van der Waals surface area contributed by atoms with Gasteiger partial charge in [-0.15, -0.1) is 11.3 Å². The Labute approximate surface area is 92.6 Å². The van der Waals surface area contributed by atoms with Crippen LogP contribution in [-0.4, -0.2) is 29.1 Å². The van der Waals surface area contributed by atoms with E-state index in [0.29, 0.717) is 25.3 Å². The van der Waals surface area contributed by atoms with E-state index in [4.69, 9.17) is 15.7 Å². The van der Waals surface area contributed by atoms with Crippen molar-refractivity contribution in [2.45, 2.75) is 19.8 Å². The maximum atomic E-state index is 8.50. The topological polar surface area (TPSA) is 80.7 Å². The van der Waals surface area contributed by atoms with Crippen LogP contribution in [0.25, 0.3) is 0 Å². The average molecular weight is 229 g/mol. The van der Waals surface area contributed by atoms with E-state index in [1.165, 1.54) is 0 Å². The third kappa shape index (κ3) is 4.75. The highest BCUT2D eigenvalue weighted by molar-refractivity contribution is 7.09. The second-order valence-corrected chi connectivity index (χ2v) is 4.09. The molecule has 0 aliphatic carbocycles. The Morgan fingerprint density at radius 2 is 2.53 bits per heavy atom. The second-order valence-electron chi connectivity index (χ2n) is 3.03. The molecule has 1 rings (SSSR count). The Hall–Kier alpha value is -1.14. The van der Waals surface area contributed by atoms with E-state index in [2.05, 4.69) is 10.1 Å². The largest absolute Gasteiger partial charge is 0.396 e. The van der Waals surface area contributed by atoms with Gasteiger partial charge in [-0.05, 0) is 6.92 Å². The lowest BCUT2D eigenvalue weighted by atomic mass is 10.3. The summed E-state index contributed by atoms with van der Waals surface area (Å²) in [5, 5.41) is 15.2. The average Bonchev–Trinajstić information content (AvgIpc) is 2.59. The fraction of sp³-hybridized carbons (Fsp3) is 0.556. The van der Waals surface area contributed by atoms with Crippen molar-refractivity contribution in [3.63, 3.8) is 0 Å². The van der Waals surface area contributed by atoms with Crippen LogP contribution in [0, 0.1) is 6.92 Å². The molecule has 6 heteroatoms. The number of aliphatic hydroxyl groups excluding tert-OH is 1. The zero-order valence-electron chi connectivity index (χ0n) is 8.64. The van der Waals surface area contributed by atoms with Gasteiger partial charge in [0.25, 0.3) is 0 Å². The van der Waals surface area contributed by atoms with E-state index >= 15 is 0 Å².